The lowest BCUT2D eigenvalue weighted by Gasteiger charge is -2.06. The highest BCUT2D eigenvalue weighted by molar-refractivity contribution is 9.10. The number of carbonyl (C=O) groups is 4. The Hall–Kier alpha value is -4.34. The van der Waals surface area contributed by atoms with E-state index in [0.717, 1.165) is 30.7 Å². The van der Waals surface area contributed by atoms with Crippen LogP contribution >= 0.6 is 65.9 Å². The lowest BCUT2D eigenvalue weighted by Crippen LogP contribution is -2.13. The molecule has 0 unspecified atom stereocenters. The summed E-state index contributed by atoms with van der Waals surface area (Å²) in [7, 11) is 0. The average Bonchev–Trinajstić information content (AvgIpc) is 3.92. The number of hydrogen-bond acceptors (Lipinski definition) is 8. The number of aryl methyl sites for hydroxylation is 2. The molecule has 0 spiro atoms. The second-order valence-corrected chi connectivity index (χ2v) is 15.2. The number of hydrogen-bond donors (Lipinski definition) is 4. The lowest BCUT2D eigenvalue weighted by molar-refractivity contribution is -0.117. The van der Waals surface area contributed by atoms with E-state index in [4.69, 9.17) is 4.42 Å². The number of amides is 2. The van der Waals surface area contributed by atoms with Crippen molar-refractivity contribution >= 4 is 99.6 Å². The SMILES string of the molecule is O=C(CCc1ccco1)Nc1scc(-c2ccc(Br)cc2)c1C(=O)O.O=C(CCc1cccs1)Nc1scc(-c2ccc(Br)cc2)c1C(=O)O. The first-order chi connectivity index (χ1) is 24.1. The number of furan rings is 1. The number of carbonyl (C=O) groups excluding carboxylic acids is 2. The van der Waals surface area contributed by atoms with Crippen LogP contribution in [0.5, 0.6) is 0 Å². The van der Waals surface area contributed by atoms with Crippen LogP contribution in [0.25, 0.3) is 22.3 Å². The van der Waals surface area contributed by atoms with Gasteiger partial charge in [-0.05, 0) is 65.4 Å². The van der Waals surface area contributed by atoms with Crippen LogP contribution in [0.4, 0.5) is 10.0 Å². The molecule has 0 aliphatic heterocycles. The first-order valence-corrected chi connectivity index (χ1v) is 19.2. The number of halogens is 2. The zero-order valence-corrected chi connectivity index (χ0v) is 31.6. The normalized spacial score (nSPS) is 10.6. The minimum Gasteiger partial charge on any atom is -0.478 e. The second-order valence-electron chi connectivity index (χ2n) is 10.6. The van der Waals surface area contributed by atoms with Gasteiger partial charge in [-0.25, -0.2) is 9.59 Å². The van der Waals surface area contributed by atoms with Crippen molar-refractivity contribution in [2.45, 2.75) is 25.7 Å². The van der Waals surface area contributed by atoms with Gasteiger partial charge in [0.15, 0.2) is 0 Å². The summed E-state index contributed by atoms with van der Waals surface area (Å²) in [6.45, 7) is 0. The predicted octanol–water partition coefficient (Wildman–Crippen LogP) is 10.5. The van der Waals surface area contributed by atoms with Gasteiger partial charge in [0.1, 0.15) is 26.9 Å². The predicted molar refractivity (Wildman–Crippen MR) is 206 cm³/mol. The monoisotopic (exact) mass is 854 g/mol. The van der Waals surface area contributed by atoms with Gasteiger partial charge in [0.2, 0.25) is 11.8 Å². The maximum absolute atomic E-state index is 12.2. The van der Waals surface area contributed by atoms with Gasteiger partial charge in [-0.1, -0.05) is 62.2 Å². The summed E-state index contributed by atoms with van der Waals surface area (Å²) in [6.07, 6.45) is 3.21. The summed E-state index contributed by atoms with van der Waals surface area (Å²) in [5.74, 6) is -1.83. The fourth-order valence-corrected chi connectivity index (χ4v) is 7.96. The van der Waals surface area contributed by atoms with Gasteiger partial charge >= 0.3 is 11.9 Å². The van der Waals surface area contributed by atoms with Crippen LogP contribution in [0.3, 0.4) is 0 Å². The highest BCUT2D eigenvalue weighted by Crippen LogP contribution is 2.37. The molecule has 256 valence electrons. The zero-order chi connectivity index (χ0) is 35.6. The molecule has 6 rings (SSSR count). The van der Waals surface area contributed by atoms with Gasteiger partial charge < -0.3 is 25.3 Å². The van der Waals surface area contributed by atoms with Gasteiger partial charge in [0.25, 0.3) is 0 Å². The van der Waals surface area contributed by atoms with Crippen molar-refractivity contribution in [3.05, 3.63) is 126 Å². The van der Waals surface area contributed by atoms with Crippen LogP contribution in [0.1, 0.15) is 44.2 Å². The number of nitrogens with one attached hydrogen (secondary N) is 2. The third kappa shape index (κ3) is 9.88. The van der Waals surface area contributed by atoms with Crippen LogP contribution in [-0.4, -0.2) is 34.0 Å². The van der Waals surface area contributed by atoms with Gasteiger partial charge in [-0.2, -0.15) is 0 Å². The van der Waals surface area contributed by atoms with E-state index in [1.54, 1.807) is 40.5 Å². The molecule has 0 saturated carbocycles. The third-order valence-corrected chi connectivity index (χ3v) is 11.0. The fourth-order valence-electron chi connectivity index (χ4n) is 4.77. The number of benzene rings is 2. The highest BCUT2D eigenvalue weighted by atomic mass is 79.9. The van der Waals surface area contributed by atoms with E-state index < -0.39 is 11.9 Å². The first kappa shape index (κ1) is 36.9. The van der Waals surface area contributed by atoms with Gasteiger partial charge in [-0.15, -0.1) is 34.0 Å². The fraction of sp³-hybridized carbons (Fsp3) is 0.111. The molecular formula is C36H28Br2N2O7S3. The smallest absolute Gasteiger partial charge is 0.339 e. The first-order valence-electron chi connectivity index (χ1n) is 14.9. The van der Waals surface area contributed by atoms with E-state index >= 15 is 0 Å². The molecule has 6 aromatic rings. The molecular weight excluding hydrogens is 828 g/mol. The molecule has 4 aromatic heterocycles. The van der Waals surface area contributed by atoms with E-state index in [-0.39, 0.29) is 29.4 Å². The van der Waals surface area contributed by atoms with E-state index in [0.29, 0.717) is 40.4 Å². The van der Waals surface area contributed by atoms with Crippen molar-refractivity contribution in [1.82, 2.24) is 0 Å². The quantitative estimate of drug-likeness (QED) is 0.0958. The Morgan fingerprint density at radius 1 is 0.640 bits per heavy atom. The Bertz CT molecular complexity index is 1920. The third-order valence-electron chi connectivity index (χ3n) is 7.18. The van der Waals surface area contributed by atoms with Crippen molar-refractivity contribution in [2.24, 2.45) is 0 Å². The molecule has 0 bridgehead atoms. The Morgan fingerprint density at radius 2 is 1.14 bits per heavy atom. The number of aromatic carboxylic acids is 2. The maximum Gasteiger partial charge on any atom is 0.339 e. The molecule has 0 aliphatic rings. The lowest BCUT2D eigenvalue weighted by atomic mass is 10.0. The number of anilines is 2. The minimum absolute atomic E-state index is 0.110. The Kier molecular flexibility index (Phi) is 13.0. The van der Waals surface area contributed by atoms with Crippen molar-refractivity contribution in [3.8, 4) is 22.3 Å². The van der Waals surface area contributed by atoms with E-state index in [9.17, 15) is 29.4 Å². The van der Waals surface area contributed by atoms with E-state index in [1.165, 1.54) is 22.7 Å². The summed E-state index contributed by atoms with van der Waals surface area (Å²) in [4.78, 5) is 48.9. The van der Waals surface area contributed by atoms with Crippen LogP contribution in [0.15, 0.2) is 109 Å². The number of rotatable bonds is 12. The summed E-state index contributed by atoms with van der Waals surface area (Å²) in [5.41, 5.74) is 3.03. The van der Waals surface area contributed by atoms with Crippen LogP contribution in [0, 0.1) is 0 Å². The van der Waals surface area contributed by atoms with Crippen molar-refractivity contribution in [2.75, 3.05) is 10.6 Å². The zero-order valence-electron chi connectivity index (χ0n) is 26.0. The topological polar surface area (TPSA) is 146 Å². The molecule has 14 heteroatoms. The summed E-state index contributed by atoms with van der Waals surface area (Å²) < 4.78 is 7.03. The van der Waals surface area contributed by atoms with E-state index in [1.807, 2.05) is 66.0 Å². The summed E-state index contributed by atoms with van der Waals surface area (Å²) in [5, 5.41) is 30.8. The second kappa shape index (κ2) is 17.5. The van der Waals surface area contributed by atoms with Gasteiger partial charge in [0, 0.05) is 55.0 Å². The Labute approximate surface area is 315 Å². The van der Waals surface area contributed by atoms with Gasteiger partial charge in [0.05, 0.1) is 6.26 Å². The molecule has 0 saturated heterocycles. The Morgan fingerprint density at radius 3 is 1.56 bits per heavy atom. The summed E-state index contributed by atoms with van der Waals surface area (Å²) in [6, 6.07) is 22.3. The number of carboxylic acid groups (broad SMARTS) is 2. The number of carboxylic acids is 2. The molecule has 2 aromatic carbocycles. The molecule has 9 nitrogen and oxygen atoms in total. The average molecular weight is 857 g/mol. The molecule has 4 heterocycles. The highest BCUT2D eigenvalue weighted by Gasteiger charge is 2.22. The Balaban J connectivity index is 0.000000194. The molecule has 0 atom stereocenters. The molecule has 0 radical (unpaired) electrons. The molecule has 50 heavy (non-hydrogen) atoms. The van der Waals surface area contributed by atoms with Crippen molar-refractivity contribution < 1.29 is 33.8 Å². The maximum atomic E-state index is 12.2. The standard InChI is InChI=1S/C18H14BrNO4S.C18H14BrNO3S2/c2*19-12-5-3-11(4-6-12)14-10-25-17(16(14)18(22)23)20-15(21)8-7-13-2-1-9-24-13/h2*1-6,9-10H,7-8H2,(H,20,21)(H,22,23). The molecule has 4 N–H and O–H groups in total. The molecule has 2 amide bonds. The van der Waals surface area contributed by atoms with Gasteiger partial charge in [-0.3, -0.25) is 9.59 Å². The summed E-state index contributed by atoms with van der Waals surface area (Å²) >= 11 is 10.8. The van der Waals surface area contributed by atoms with Crippen LogP contribution in [-0.2, 0) is 22.4 Å². The van der Waals surface area contributed by atoms with E-state index in [2.05, 4.69) is 42.5 Å². The number of thiophene rings is 3. The van der Waals surface area contributed by atoms with Crippen molar-refractivity contribution in [3.63, 3.8) is 0 Å². The molecule has 0 aliphatic carbocycles. The van der Waals surface area contributed by atoms with Crippen LogP contribution < -0.4 is 10.6 Å². The molecule has 0 fully saturated rings. The van der Waals surface area contributed by atoms with Crippen molar-refractivity contribution in [1.29, 1.82) is 0 Å². The van der Waals surface area contributed by atoms with Crippen LogP contribution in [0.2, 0.25) is 0 Å². The minimum atomic E-state index is -1.07. The largest absolute Gasteiger partial charge is 0.478 e.